The minimum atomic E-state index is -0.594. The number of carbonyl (C=O) groups excluding carboxylic acids is 1. The number of hydrogen-bond acceptors (Lipinski definition) is 6. The third-order valence-corrected chi connectivity index (χ3v) is 5.34. The zero-order valence-corrected chi connectivity index (χ0v) is 16.0. The quantitative estimate of drug-likeness (QED) is 0.323. The Morgan fingerprint density at radius 2 is 2.17 bits per heavy atom. The summed E-state index contributed by atoms with van der Waals surface area (Å²) in [5, 5.41) is 12.3. The first-order chi connectivity index (χ1) is 14.2. The number of rotatable bonds is 7. The van der Waals surface area contributed by atoms with Gasteiger partial charge in [0.1, 0.15) is 16.3 Å². The summed E-state index contributed by atoms with van der Waals surface area (Å²) in [4.78, 5) is 20.7. The second-order valence-corrected chi connectivity index (χ2v) is 7.22. The minimum absolute atomic E-state index is 0.0255. The van der Waals surface area contributed by atoms with E-state index in [9.17, 15) is 9.18 Å². The van der Waals surface area contributed by atoms with Crippen molar-refractivity contribution in [2.75, 3.05) is 11.9 Å². The molecule has 0 fully saturated rings. The summed E-state index contributed by atoms with van der Waals surface area (Å²) >= 11 is 1.29. The standard InChI is InChI=1S/C20H17FN6OS/c21-13-3-1-2-12(10-13)17(11-25-22)27-20(28)18-16(6-9-29-18)26-15-5-8-24-19-14(15)4-7-23-19/h1-10,17,22H,11H2,(H,27,28)(H2,23,24,26)/t17-/m1/s1. The van der Waals surface area contributed by atoms with Gasteiger partial charge < -0.3 is 15.6 Å². The van der Waals surface area contributed by atoms with Crippen LogP contribution in [0.2, 0.25) is 0 Å². The van der Waals surface area contributed by atoms with Gasteiger partial charge in [-0.25, -0.2) is 14.9 Å². The van der Waals surface area contributed by atoms with Crippen LogP contribution in [0.5, 0.6) is 0 Å². The lowest BCUT2D eigenvalue weighted by molar-refractivity contribution is 0.0942. The first-order valence-corrected chi connectivity index (χ1v) is 9.70. The van der Waals surface area contributed by atoms with Crippen molar-refractivity contribution in [2.45, 2.75) is 6.04 Å². The number of hydrogen-bond donors (Lipinski definition) is 4. The Morgan fingerprint density at radius 1 is 1.28 bits per heavy atom. The molecular weight excluding hydrogens is 391 g/mol. The Morgan fingerprint density at radius 3 is 3.00 bits per heavy atom. The number of nitrogens with zero attached hydrogens (tertiary/aromatic N) is 2. The summed E-state index contributed by atoms with van der Waals surface area (Å²) in [6, 6.07) is 10.9. The van der Waals surface area contributed by atoms with Crippen molar-refractivity contribution in [1.29, 1.82) is 5.53 Å². The highest BCUT2D eigenvalue weighted by molar-refractivity contribution is 7.12. The number of thiophene rings is 1. The molecule has 0 saturated carbocycles. The fourth-order valence-corrected chi connectivity index (χ4v) is 3.82. The summed E-state index contributed by atoms with van der Waals surface area (Å²) in [6.07, 6.45) is 3.49. The topological polar surface area (TPSA) is 106 Å². The summed E-state index contributed by atoms with van der Waals surface area (Å²) in [6.45, 7) is 0.0255. The van der Waals surface area contributed by atoms with Crippen LogP contribution in [0.15, 0.2) is 65.4 Å². The van der Waals surface area contributed by atoms with Gasteiger partial charge in [-0.2, -0.15) is 5.11 Å². The molecule has 0 aliphatic rings. The number of anilines is 2. The van der Waals surface area contributed by atoms with Crippen molar-refractivity contribution >= 4 is 39.7 Å². The van der Waals surface area contributed by atoms with E-state index in [1.165, 1.54) is 23.5 Å². The van der Waals surface area contributed by atoms with Crippen molar-refractivity contribution in [3.8, 4) is 0 Å². The molecular formula is C20H17FN6OS. The van der Waals surface area contributed by atoms with Crippen LogP contribution >= 0.6 is 11.3 Å². The highest BCUT2D eigenvalue weighted by atomic mass is 32.1. The zero-order chi connectivity index (χ0) is 20.2. The number of H-pyrrole nitrogens is 1. The number of amides is 1. The Labute approximate surface area is 169 Å². The van der Waals surface area contributed by atoms with Gasteiger partial charge in [-0.15, -0.1) is 11.3 Å². The van der Waals surface area contributed by atoms with Crippen molar-refractivity contribution in [3.63, 3.8) is 0 Å². The van der Waals surface area contributed by atoms with Gasteiger partial charge in [-0.3, -0.25) is 4.79 Å². The zero-order valence-electron chi connectivity index (χ0n) is 15.1. The Hall–Kier alpha value is -3.59. The van der Waals surface area contributed by atoms with Crippen molar-refractivity contribution < 1.29 is 9.18 Å². The second-order valence-electron chi connectivity index (χ2n) is 6.31. The lowest BCUT2D eigenvalue weighted by Crippen LogP contribution is -2.30. The van der Waals surface area contributed by atoms with Gasteiger partial charge in [0.2, 0.25) is 0 Å². The summed E-state index contributed by atoms with van der Waals surface area (Å²) in [5.74, 6) is -0.724. The van der Waals surface area contributed by atoms with Gasteiger partial charge in [0.25, 0.3) is 5.91 Å². The largest absolute Gasteiger partial charge is 0.354 e. The number of fused-ring (bicyclic) bond motifs is 1. The highest BCUT2D eigenvalue weighted by Crippen LogP contribution is 2.30. The average molecular weight is 408 g/mol. The fourth-order valence-electron chi connectivity index (χ4n) is 3.07. The molecule has 0 saturated heterocycles. The molecule has 0 unspecified atom stereocenters. The number of carbonyl (C=O) groups is 1. The maximum atomic E-state index is 13.6. The maximum absolute atomic E-state index is 13.6. The van der Waals surface area contributed by atoms with Crippen molar-refractivity contribution in [3.05, 3.63) is 76.5 Å². The first kappa shape index (κ1) is 18.8. The number of benzene rings is 1. The first-order valence-electron chi connectivity index (χ1n) is 8.82. The molecule has 3 aromatic heterocycles. The smallest absolute Gasteiger partial charge is 0.264 e. The van der Waals surface area contributed by atoms with E-state index < -0.39 is 11.9 Å². The molecule has 7 nitrogen and oxygen atoms in total. The third kappa shape index (κ3) is 3.99. The van der Waals surface area contributed by atoms with E-state index >= 15 is 0 Å². The van der Waals surface area contributed by atoms with Crippen LogP contribution in [0.1, 0.15) is 21.3 Å². The molecule has 1 atom stereocenters. The molecule has 4 N–H and O–H groups in total. The van der Waals surface area contributed by atoms with E-state index in [0.717, 1.165) is 16.7 Å². The van der Waals surface area contributed by atoms with E-state index in [-0.39, 0.29) is 12.5 Å². The molecule has 29 heavy (non-hydrogen) atoms. The molecule has 4 aromatic rings. The molecule has 9 heteroatoms. The molecule has 0 aliphatic heterocycles. The Balaban J connectivity index is 1.57. The fraction of sp³-hybridized carbons (Fsp3) is 0.100. The Bertz CT molecular complexity index is 1170. The third-order valence-electron chi connectivity index (χ3n) is 4.43. The molecule has 3 heterocycles. The summed E-state index contributed by atoms with van der Waals surface area (Å²) in [5.41, 5.74) is 9.96. The highest BCUT2D eigenvalue weighted by Gasteiger charge is 2.20. The maximum Gasteiger partial charge on any atom is 0.264 e. The van der Waals surface area contributed by atoms with Crippen LogP contribution in [-0.4, -0.2) is 22.4 Å². The van der Waals surface area contributed by atoms with Crippen LogP contribution in [0, 0.1) is 11.3 Å². The van der Waals surface area contributed by atoms with E-state index in [0.29, 0.717) is 16.1 Å². The number of aromatic amines is 1. The van der Waals surface area contributed by atoms with Gasteiger partial charge in [-0.05, 0) is 41.3 Å². The molecule has 0 aliphatic carbocycles. The van der Waals surface area contributed by atoms with Gasteiger partial charge >= 0.3 is 0 Å². The predicted octanol–water partition coefficient (Wildman–Crippen LogP) is 5.01. The molecule has 1 amide bonds. The SMILES string of the molecule is N=NC[C@@H](NC(=O)c1sccc1Nc1ccnc2[nH]ccc12)c1cccc(F)c1. The normalized spacial score (nSPS) is 11.9. The van der Waals surface area contributed by atoms with Crippen LogP contribution in [0.3, 0.4) is 0 Å². The second kappa shape index (κ2) is 8.19. The van der Waals surface area contributed by atoms with E-state index in [2.05, 4.69) is 25.7 Å². The van der Waals surface area contributed by atoms with Crippen molar-refractivity contribution in [1.82, 2.24) is 15.3 Å². The van der Waals surface area contributed by atoms with Crippen molar-refractivity contribution in [2.24, 2.45) is 5.11 Å². The number of nitrogens with one attached hydrogen (secondary N) is 4. The monoisotopic (exact) mass is 408 g/mol. The van der Waals surface area contributed by atoms with Crippen LogP contribution in [0.4, 0.5) is 15.8 Å². The van der Waals surface area contributed by atoms with E-state index in [4.69, 9.17) is 5.53 Å². The molecule has 1 aromatic carbocycles. The molecule has 4 rings (SSSR count). The molecule has 146 valence electrons. The Kier molecular flexibility index (Phi) is 5.30. The minimum Gasteiger partial charge on any atom is -0.354 e. The molecule has 0 bridgehead atoms. The van der Waals surface area contributed by atoms with Crippen LogP contribution < -0.4 is 10.6 Å². The number of pyridine rings is 1. The van der Waals surface area contributed by atoms with Gasteiger partial charge in [0.05, 0.1) is 24.0 Å². The van der Waals surface area contributed by atoms with Crippen LogP contribution in [-0.2, 0) is 0 Å². The molecule has 0 spiro atoms. The van der Waals surface area contributed by atoms with Gasteiger partial charge in [0.15, 0.2) is 0 Å². The lowest BCUT2D eigenvalue weighted by atomic mass is 10.1. The van der Waals surface area contributed by atoms with Gasteiger partial charge in [0, 0.05) is 17.8 Å². The lowest BCUT2D eigenvalue weighted by Gasteiger charge is -2.17. The summed E-state index contributed by atoms with van der Waals surface area (Å²) in [7, 11) is 0. The summed E-state index contributed by atoms with van der Waals surface area (Å²) < 4.78 is 13.6. The predicted molar refractivity (Wildman–Crippen MR) is 110 cm³/mol. The molecule has 0 radical (unpaired) electrons. The number of aromatic nitrogens is 2. The van der Waals surface area contributed by atoms with E-state index in [1.807, 2.05) is 23.6 Å². The van der Waals surface area contributed by atoms with Crippen LogP contribution in [0.25, 0.3) is 11.0 Å². The van der Waals surface area contributed by atoms with Gasteiger partial charge in [-0.1, -0.05) is 12.1 Å². The average Bonchev–Trinajstić information content (AvgIpc) is 3.37. The number of halogens is 1. The van der Waals surface area contributed by atoms with E-state index in [1.54, 1.807) is 24.5 Å².